The van der Waals surface area contributed by atoms with Gasteiger partial charge >= 0.3 is 5.97 Å². The molecule has 1 aromatic carbocycles. The molecule has 0 unspecified atom stereocenters. The molecule has 2 rings (SSSR count). The molecule has 0 aliphatic carbocycles. The highest BCUT2D eigenvalue weighted by molar-refractivity contribution is 9.10. The lowest BCUT2D eigenvalue weighted by molar-refractivity contribution is 0.00721. The number of nitrogen functional groups attached to an aromatic ring is 1. The Balaban J connectivity index is 2.52. The minimum atomic E-state index is -0.545. The molecule has 21 heavy (non-hydrogen) atoms. The molecule has 0 aliphatic heterocycles. The zero-order valence-corrected chi connectivity index (χ0v) is 14.9. The van der Waals surface area contributed by atoms with E-state index in [-0.39, 0.29) is 5.97 Å². The predicted molar refractivity (Wildman–Crippen MR) is 91.8 cm³/mol. The smallest absolute Gasteiger partial charge is 0.342 e. The molecule has 0 aliphatic rings. The Morgan fingerprint density at radius 1 is 1.24 bits per heavy atom. The number of esters is 1. The molecule has 0 saturated heterocycles. The molecule has 2 aromatic rings. The summed E-state index contributed by atoms with van der Waals surface area (Å²) in [4.78, 5) is 13.5. The fraction of sp³-hybridized carbons (Fsp3) is 0.312. The normalized spacial score (nSPS) is 11.5. The summed E-state index contributed by atoms with van der Waals surface area (Å²) in [5, 5.41) is 0.500. The van der Waals surface area contributed by atoms with E-state index in [1.54, 1.807) is 0 Å². The summed E-state index contributed by atoms with van der Waals surface area (Å²) in [6, 6.07) is 7.82. The van der Waals surface area contributed by atoms with E-state index in [1.165, 1.54) is 11.3 Å². The molecule has 0 spiro atoms. The van der Waals surface area contributed by atoms with Gasteiger partial charge in [0, 0.05) is 14.9 Å². The number of hydrogen-bond acceptors (Lipinski definition) is 4. The van der Waals surface area contributed by atoms with Crippen LogP contribution in [0.5, 0.6) is 0 Å². The Labute approximate surface area is 137 Å². The van der Waals surface area contributed by atoms with Crippen molar-refractivity contribution in [3.63, 3.8) is 0 Å². The lowest BCUT2D eigenvalue weighted by Gasteiger charge is -2.20. The fourth-order valence-corrected chi connectivity index (χ4v) is 3.27. The zero-order chi connectivity index (χ0) is 15.8. The molecule has 1 aromatic heterocycles. The first-order valence-corrected chi connectivity index (χ1v) is 8.18. The van der Waals surface area contributed by atoms with Crippen LogP contribution in [-0.4, -0.2) is 11.6 Å². The van der Waals surface area contributed by atoms with Crippen molar-refractivity contribution in [2.24, 2.45) is 0 Å². The van der Waals surface area contributed by atoms with Crippen LogP contribution in [0.25, 0.3) is 11.1 Å². The summed E-state index contributed by atoms with van der Waals surface area (Å²) in [5.74, 6) is -0.373. The first kappa shape index (κ1) is 16.0. The van der Waals surface area contributed by atoms with E-state index in [4.69, 9.17) is 10.5 Å². The van der Waals surface area contributed by atoms with E-state index >= 15 is 0 Å². The van der Waals surface area contributed by atoms with Crippen LogP contribution < -0.4 is 5.73 Å². The average molecular weight is 368 g/mol. The molecular weight excluding hydrogens is 350 g/mol. The van der Waals surface area contributed by atoms with Crippen molar-refractivity contribution < 1.29 is 9.53 Å². The van der Waals surface area contributed by atoms with Crippen molar-refractivity contribution in [2.45, 2.75) is 33.3 Å². The van der Waals surface area contributed by atoms with Crippen LogP contribution in [0.1, 0.15) is 36.0 Å². The average Bonchev–Trinajstić information content (AvgIpc) is 2.63. The highest BCUT2D eigenvalue weighted by Gasteiger charge is 2.26. The maximum atomic E-state index is 12.5. The number of ether oxygens (including phenoxy) is 1. The number of hydrogen-bond donors (Lipinski definition) is 1. The number of nitrogens with two attached hydrogens (primary N) is 1. The standard InChI is InChI=1S/C16H18BrNO2S/c1-9-12(10-5-7-11(17)8-6-10)13(14(18)21-9)15(19)20-16(2,3)4/h5-8H,18H2,1-4H3. The first-order chi connectivity index (χ1) is 9.69. The van der Waals surface area contributed by atoms with Gasteiger partial charge in [0.2, 0.25) is 0 Å². The number of aryl methyl sites for hydroxylation is 1. The van der Waals surface area contributed by atoms with Gasteiger partial charge < -0.3 is 10.5 Å². The second kappa shape index (κ2) is 5.81. The number of rotatable bonds is 2. The monoisotopic (exact) mass is 367 g/mol. The van der Waals surface area contributed by atoms with Gasteiger partial charge in [0.15, 0.2) is 0 Å². The summed E-state index contributed by atoms with van der Waals surface area (Å²) < 4.78 is 6.47. The molecule has 0 fully saturated rings. The SMILES string of the molecule is Cc1sc(N)c(C(=O)OC(C)(C)C)c1-c1ccc(Br)cc1. The maximum absolute atomic E-state index is 12.5. The summed E-state index contributed by atoms with van der Waals surface area (Å²) >= 11 is 4.83. The summed E-state index contributed by atoms with van der Waals surface area (Å²) in [6.45, 7) is 7.51. The predicted octanol–water partition coefficient (Wildman–Crippen LogP) is 5.02. The van der Waals surface area contributed by atoms with E-state index < -0.39 is 5.60 Å². The highest BCUT2D eigenvalue weighted by Crippen LogP contribution is 2.39. The van der Waals surface area contributed by atoms with Crippen LogP contribution in [0.4, 0.5) is 5.00 Å². The second-order valence-corrected chi connectivity index (χ2v) is 7.95. The fourth-order valence-electron chi connectivity index (χ4n) is 2.06. The Morgan fingerprint density at radius 2 is 1.81 bits per heavy atom. The first-order valence-electron chi connectivity index (χ1n) is 6.57. The van der Waals surface area contributed by atoms with Crippen molar-refractivity contribution in [1.29, 1.82) is 0 Å². The van der Waals surface area contributed by atoms with E-state index in [0.29, 0.717) is 10.6 Å². The lowest BCUT2D eigenvalue weighted by Crippen LogP contribution is -2.24. The van der Waals surface area contributed by atoms with Gasteiger partial charge in [0.1, 0.15) is 16.2 Å². The quantitative estimate of drug-likeness (QED) is 0.757. The molecule has 0 radical (unpaired) electrons. The van der Waals surface area contributed by atoms with Crippen molar-refractivity contribution in [1.82, 2.24) is 0 Å². The minimum Gasteiger partial charge on any atom is -0.456 e. The van der Waals surface area contributed by atoms with Gasteiger partial charge in [0.25, 0.3) is 0 Å². The van der Waals surface area contributed by atoms with Crippen LogP contribution in [0, 0.1) is 6.92 Å². The molecule has 0 bridgehead atoms. The number of carbonyl (C=O) groups is 1. The summed E-state index contributed by atoms with van der Waals surface area (Å²) in [5.41, 5.74) is 7.78. The third-order valence-electron chi connectivity index (χ3n) is 2.85. The van der Waals surface area contributed by atoms with Crippen LogP contribution >= 0.6 is 27.3 Å². The molecule has 0 saturated carbocycles. The van der Waals surface area contributed by atoms with Crippen molar-refractivity contribution in [2.75, 3.05) is 5.73 Å². The van der Waals surface area contributed by atoms with Crippen LogP contribution in [0.2, 0.25) is 0 Å². The Kier molecular flexibility index (Phi) is 4.44. The molecule has 0 amide bonds. The van der Waals surface area contributed by atoms with Crippen LogP contribution in [0.15, 0.2) is 28.7 Å². The van der Waals surface area contributed by atoms with Crippen LogP contribution in [0.3, 0.4) is 0 Å². The lowest BCUT2D eigenvalue weighted by atomic mass is 10.0. The largest absolute Gasteiger partial charge is 0.456 e. The molecule has 5 heteroatoms. The number of halogens is 1. The molecule has 1 heterocycles. The Hall–Kier alpha value is -1.33. The Morgan fingerprint density at radius 3 is 2.33 bits per heavy atom. The maximum Gasteiger partial charge on any atom is 0.342 e. The third-order valence-corrected chi connectivity index (χ3v) is 4.31. The summed E-state index contributed by atoms with van der Waals surface area (Å²) in [7, 11) is 0. The van der Waals surface area contributed by atoms with E-state index in [1.807, 2.05) is 52.0 Å². The van der Waals surface area contributed by atoms with Gasteiger partial charge in [-0.2, -0.15) is 0 Å². The zero-order valence-electron chi connectivity index (χ0n) is 12.5. The second-order valence-electron chi connectivity index (χ2n) is 5.78. The van der Waals surface area contributed by atoms with Crippen LogP contribution in [-0.2, 0) is 4.74 Å². The minimum absolute atomic E-state index is 0.373. The van der Waals surface area contributed by atoms with Gasteiger partial charge in [-0.3, -0.25) is 0 Å². The van der Waals surface area contributed by atoms with Gasteiger partial charge in [0.05, 0.1) is 0 Å². The number of carbonyl (C=O) groups excluding carboxylic acids is 1. The number of thiophene rings is 1. The summed E-state index contributed by atoms with van der Waals surface area (Å²) in [6.07, 6.45) is 0. The van der Waals surface area contributed by atoms with E-state index in [9.17, 15) is 4.79 Å². The third kappa shape index (κ3) is 3.66. The molecular formula is C16H18BrNO2S. The van der Waals surface area contributed by atoms with Crippen molar-refractivity contribution in [3.05, 3.63) is 39.2 Å². The van der Waals surface area contributed by atoms with E-state index in [0.717, 1.165) is 20.5 Å². The van der Waals surface area contributed by atoms with Gasteiger partial charge in [-0.1, -0.05) is 28.1 Å². The van der Waals surface area contributed by atoms with Gasteiger partial charge in [-0.15, -0.1) is 11.3 Å². The molecule has 2 N–H and O–H groups in total. The highest BCUT2D eigenvalue weighted by atomic mass is 79.9. The molecule has 112 valence electrons. The molecule has 3 nitrogen and oxygen atoms in total. The van der Waals surface area contributed by atoms with Gasteiger partial charge in [-0.05, 0) is 45.4 Å². The van der Waals surface area contributed by atoms with E-state index in [2.05, 4.69) is 15.9 Å². The van der Waals surface area contributed by atoms with Crippen molar-refractivity contribution in [3.8, 4) is 11.1 Å². The van der Waals surface area contributed by atoms with Gasteiger partial charge in [-0.25, -0.2) is 4.79 Å². The number of benzene rings is 1. The molecule has 0 atom stereocenters. The topological polar surface area (TPSA) is 52.3 Å². The number of anilines is 1. The van der Waals surface area contributed by atoms with Crippen molar-refractivity contribution >= 4 is 38.2 Å². The Bertz CT molecular complexity index is 669.